The van der Waals surface area contributed by atoms with Crippen LogP contribution in [0.25, 0.3) is 0 Å². The average Bonchev–Trinajstić information content (AvgIpc) is 3.39. The van der Waals surface area contributed by atoms with Gasteiger partial charge in [-0.25, -0.2) is 4.79 Å². The van der Waals surface area contributed by atoms with Crippen LogP contribution in [0, 0.1) is 0 Å². The van der Waals surface area contributed by atoms with Gasteiger partial charge >= 0.3 is 12.0 Å². The van der Waals surface area contributed by atoms with Crippen molar-refractivity contribution in [1.29, 1.82) is 0 Å². The molecule has 0 heterocycles. The zero-order valence-corrected chi connectivity index (χ0v) is 14.6. The number of nitrogens with one attached hydrogen (secondary N) is 3. The Balaban J connectivity index is 1.60. The highest BCUT2D eigenvalue weighted by Gasteiger charge is 2.25. The van der Waals surface area contributed by atoms with Crippen LogP contribution in [0.3, 0.4) is 0 Å². The number of hydrogen-bond acceptors (Lipinski definition) is 5. The molecule has 1 saturated carbocycles. The van der Waals surface area contributed by atoms with Crippen molar-refractivity contribution < 1.29 is 23.9 Å². The van der Waals surface area contributed by atoms with Gasteiger partial charge in [0.05, 0.1) is 12.8 Å². The van der Waals surface area contributed by atoms with Crippen molar-refractivity contribution >= 4 is 23.8 Å². The Hall–Kier alpha value is -2.90. The fourth-order valence-corrected chi connectivity index (χ4v) is 2.12. The van der Waals surface area contributed by atoms with E-state index in [1.54, 1.807) is 0 Å². The molecule has 0 radical (unpaired) electrons. The van der Waals surface area contributed by atoms with Gasteiger partial charge in [-0.2, -0.15) is 0 Å². The second kappa shape index (κ2) is 9.55. The second-order valence-corrected chi connectivity index (χ2v) is 6.13. The van der Waals surface area contributed by atoms with E-state index in [-0.39, 0.29) is 31.3 Å². The van der Waals surface area contributed by atoms with Gasteiger partial charge in [-0.1, -0.05) is 30.3 Å². The number of carbonyl (C=O) groups is 4. The van der Waals surface area contributed by atoms with Gasteiger partial charge in [0.1, 0.15) is 0 Å². The van der Waals surface area contributed by atoms with E-state index in [1.165, 1.54) is 6.92 Å². The Morgan fingerprint density at radius 3 is 2.50 bits per heavy atom. The van der Waals surface area contributed by atoms with Crippen LogP contribution in [0.2, 0.25) is 0 Å². The molecular formula is C18H23N3O5. The molecule has 8 nitrogen and oxygen atoms in total. The number of carbonyl (C=O) groups excluding carboxylic acids is 4. The summed E-state index contributed by atoms with van der Waals surface area (Å²) in [6.45, 7) is 1.49. The first-order valence-corrected chi connectivity index (χ1v) is 8.55. The van der Waals surface area contributed by atoms with E-state index in [1.807, 2.05) is 30.3 Å². The maximum atomic E-state index is 11.8. The molecular weight excluding hydrogens is 338 g/mol. The minimum atomic E-state index is -1.09. The van der Waals surface area contributed by atoms with E-state index in [9.17, 15) is 19.2 Å². The lowest BCUT2D eigenvalue weighted by Gasteiger charge is -2.13. The summed E-state index contributed by atoms with van der Waals surface area (Å²) in [6, 6.07) is 8.77. The third-order valence-corrected chi connectivity index (χ3v) is 3.69. The number of imide groups is 1. The summed E-state index contributed by atoms with van der Waals surface area (Å²) in [4.78, 5) is 46.7. The van der Waals surface area contributed by atoms with Gasteiger partial charge in [-0.15, -0.1) is 0 Å². The Bertz CT molecular complexity index is 658. The summed E-state index contributed by atoms with van der Waals surface area (Å²) in [7, 11) is 0. The maximum Gasteiger partial charge on any atom is 0.321 e. The van der Waals surface area contributed by atoms with Gasteiger partial charge in [0.2, 0.25) is 5.91 Å². The Labute approximate surface area is 151 Å². The largest absolute Gasteiger partial charge is 0.452 e. The van der Waals surface area contributed by atoms with Crippen LogP contribution in [-0.2, 0) is 25.5 Å². The van der Waals surface area contributed by atoms with E-state index in [4.69, 9.17) is 4.74 Å². The molecule has 0 spiro atoms. The first-order valence-electron chi connectivity index (χ1n) is 8.55. The van der Waals surface area contributed by atoms with Crippen LogP contribution >= 0.6 is 0 Å². The van der Waals surface area contributed by atoms with Gasteiger partial charge in [0, 0.05) is 12.6 Å². The highest BCUT2D eigenvalue weighted by Crippen LogP contribution is 2.18. The first-order chi connectivity index (χ1) is 12.4. The Morgan fingerprint density at radius 1 is 1.15 bits per heavy atom. The van der Waals surface area contributed by atoms with E-state index < -0.39 is 24.0 Å². The molecule has 0 bridgehead atoms. The summed E-state index contributed by atoms with van der Waals surface area (Å²) >= 11 is 0. The third-order valence-electron chi connectivity index (χ3n) is 3.69. The minimum Gasteiger partial charge on any atom is -0.452 e. The molecule has 0 aromatic heterocycles. The lowest BCUT2D eigenvalue weighted by Crippen LogP contribution is -2.45. The average molecular weight is 361 g/mol. The molecule has 2 rings (SSSR count). The van der Waals surface area contributed by atoms with Gasteiger partial charge in [-0.3, -0.25) is 19.7 Å². The molecule has 0 saturated heterocycles. The smallest absolute Gasteiger partial charge is 0.321 e. The van der Waals surface area contributed by atoms with Gasteiger partial charge in [0.15, 0.2) is 6.10 Å². The summed E-state index contributed by atoms with van der Waals surface area (Å²) in [5, 5.41) is 7.34. The van der Waals surface area contributed by atoms with E-state index in [0.29, 0.717) is 0 Å². The summed E-state index contributed by atoms with van der Waals surface area (Å²) < 4.78 is 4.95. The van der Waals surface area contributed by atoms with Crippen LogP contribution in [0.1, 0.15) is 31.7 Å². The summed E-state index contributed by atoms with van der Waals surface area (Å²) in [6.07, 6.45) is 0.883. The molecule has 140 valence electrons. The van der Waals surface area contributed by atoms with E-state index in [2.05, 4.69) is 16.0 Å². The molecule has 1 aromatic carbocycles. The fraction of sp³-hybridized carbons (Fsp3) is 0.444. The molecule has 26 heavy (non-hydrogen) atoms. The Morgan fingerprint density at radius 2 is 1.85 bits per heavy atom. The second-order valence-electron chi connectivity index (χ2n) is 6.13. The van der Waals surface area contributed by atoms with Crippen LogP contribution in [0.15, 0.2) is 30.3 Å². The monoisotopic (exact) mass is 361 g/mol. The molecule has 1 aliphatic carbocycles. The number of benzene rings is 1. The number of amides is 4. The lowest BCUT2D eigenvalue weighted by atomic mass is 10.1. The molecule has 1 aromatic rings. The normalized spacial score (nSPS) is 14.0. The predicted molar refractivity (Wildman–Crippen MR) is 93.0 cm³/mol. The van der Waals surface area contributed by atoms with E-state index in [0.717, 1.165) is 18.4 Å². The Kier molecular flexibility index (Phi) is 7.13. The van der Waals surface area contributed by atoms with Crippen LogP contribution in [0.5, 0.6) is 0 Å². The van der Waals surface area contributed by atoms with Crippen LogP contribution in [0.4, 0.5) is 4.79 Å². The highest BCUT2D eigenvalue weighted by atomic mass is 16.5. The van der Waals surface area contributed by atoms with E-state index >= 15 is 0 Å². The quantitative estimate of drug-likeness (QED) is 0.589. The topological polar surface area (TPSA) is 114 Å². The van der Waals surface area contributed by atoms with Crippen molar-refractivity contribution in [3.05, 3.63) is 35.9 Å². The van der Waals surface area contributed by atoms with Crippen LogP contribution < -0.4 is 16.0 Å². The maximum absolute atomic E-state index is 11.8. The molecule has 1 unspecified atom stereocenters. The zero-order valence-electron chi connectivity index (χ0n) is 14.6. The predicted octanol–water partition coefficient (Wildman–Crippen LogP) is 0.655. The molecule has 4 amide bonds. The number of esters is 1. The molecule has 1 atom stereocenters. The summed E-state index contributed by atoms with van der Waals surface area (Å²) in [5.41, 5.74) is 0.877. The fourth-order valence-electron chi connectivity index (χ4n) is 2.12. The van der Waals surface area contributed by atoms with Crippen LogP contribution in [-0.4, -0.2) is 42.5 Å². The SMILES string of the molecule is CC(OC(=O)CCNC(=O)Cc1ccccc1)C(=O)NC(=O)NC1CC1. The molecule has 1 aliphatic rings. The minimum absolute atomic E-state index is 0.0631. The van der Waals surface area contributed by atoms with Gasteiger partial charge in [-0.05, 0) is 25.3 Å². The first kappa shape index (κ1) is 19.4. The van der Waals surface area contributed by atoms with Crippen molar-refractivity contribution in [2.24, 2.45) is 0 Å². The number of rotatable bonds is 8. The van der Waals surface area contributed by atoms with Crippen molar-refractivity contribution in [3.8, 4) is 0 Å². The third kappa shape index (κ3) is 7.33. The van der Waals surface area contributed by atoms with Crippen molar-refractivity contribution in [2.45, 2.75) is 44.8 Å². The standard InChI is InChI=1S/C18H23N3O5/c1-12(17(24)21-18(25)20-14-7-8-14)26-16(23)9-10-19-15(22)11-13-5-3-2-4-6-13/h2-6,12,14H,7-11H2,1H3,(H,19,22)(H2,20,21,24,25). The molecule has 0 aliphatic heterocycles. The number of hydrogen-bond donors (Lipinski definition) is 3. The van der Waals surface area contributed by atoms with Gasteiger partial charge in [0.25, 0.3) is 5.91 Å². The lowest BCUT2D eigenvalue weighted by molar-refractivity contribution is -0.154. The molecule has 8 heteroatoms. The molecule has 1 fully saturated rings. The van der Waals surface area contributed by atoms with Crippen molar-refractivity contribution in [3.63, 3.8) is 0 Å². The summed E-state index contributed by atoms with van der Waals surface area (Å²) in [5.74, 6) is -1.52. The van der Waals surface area contributed by atoms with Crippen molar-refractivity contribution in [1.82, 2.24) is 16.0 Å². The number of urea groups is 1. The zero-order chi connectivity index (χ0) is 18.9. The highest BCUT2D eigenvalue weighted by molar-refractivity contribution is 5.97. The van der Waals surface area contributed by atoms with Gasteiger partial charge < -0.3 is 15.4 Å². The number of ether oxygens (including phenoxy) is 1. The van der Waals surface area contributed by atoms with Crippen molar-refractivity contribution in [2.75, 3.05) is 6.54 Å². The molecule has 3 N–H and O–H groups in total.